The van der Waals surface area contributed by atoms with Gasteiger partial charge in [0.1, 0.15) is 12.4 Å². The molecule has 2 atom stereocenters. The first kappa shape index (κ1) is 30.4. The average Bonchev–Trinajstić information content (AvgIpc) is 3.67. The largest absolute Gasteiger partial charge is 0.427 e. The lowest BCUT2D eigenvalue weighted by molar-refractivity contribution is -0.142. The zero-order valence-corrected chi connectivity index (χ0v) is 24.6. The van der Waals surface area contributed by atoms with Crippen molar-refractivity contribution < 1.29 is 36.7 Å². The number of carbonyl (C=O) groups excluding carboxylic acids is 4. The van der Waals surface area contributed by atoms with E-state index in [0.717, 1.165) is 10.5 Å². The van der Waals surface area contributed by atoms with Crippen molar-refractivity contribution >= 4 is 39.8 Å². The van der Waals surface area contributed by atoms with E-state index in [0.29, 0.717) is 36.1 Å². The van der Waals surface area contributed by atoms with E-state index in [9.17, 15) is 32.0 Å². The Kier molecular flexibility index (Phi) is 8.40. The van der Waals surface area contributed by atoms with Gasteiger partial charge >= 0.3 is 12.1 Å². The minimum Gasteiger partial charge on any atom is -0.427 e. The summed E-state index contributed by atoms with van der Waals surface area (Å²) in [7, 11) is -0.964. The summed E-state index contributed by atoms with van der Waals surface area (Å²) in [5.74, 6) is -1.71. The van der Waals surface area contributed by atoms with Crippen LogP contribution >= 0.6 is 0 Å². The monoisotopic (exact) mass is 616 g/mol. The van der Waals surface area contributed by atoms with E-state index in [1.807, 2.05) is 0 Å². The first-order valence-corrected chi connectivity index (χ1v) is 15.3. The minimum absolute atomic E-state index is 0.00326. The number of ether oxygens (including phenoxy) is 1. The van der Waals surface area contributed by atoms with Crippen LogP contribution in [0, 0.1) is 5.82 Å². The normalized spacial score (nSPS) is 21.7. The van der Waals surface area contributed by atoms with Crippen molar-refractivity contribution in [3.05, 3.63) is 65.0 Å². The first-order valence-electron chi connectivity index (χ1n) is 13.9. The van der Waals surface area contributed by atoms with Crippen molar-refractivity contribution in [2.75, 3.05) is 39.0 Å². The van der Waals surface area contributed by atoms with Crippen LogP contribution in [0.15, 0.2) is 42.5 Å². The van der Waals surface area contributed by atoms with Gasteiger partial charge in [-0.3, -0.25) is 9.59 Å². The second-order valence-corrected chi connectivity index (χ2v) is 12.5. The van der Waals surface area contributed by atoms with Crippen molar-refractivity contribution in [1.29, 1.82) is 0 Å². The third-order valence-corrected chi connectivity index (χ3v) is 9.71. The van der Waals surface area contributed by atoms with Gasteiger partial charge in [0.15, 0.2) is 0 Å². The van der Waals surface area contributed by atoms with Crippen LogP contribution < -0.4 is 15.4 Å². The number of fused-ring (bicyclic) bond motifs is 2. The van der Waals surface area contributed by atoms with Gasteiger partial charge in [-0.05, 0) is 54.7 Å². The SMILES string of the molecule is CNC(=O)Nc1ccc2c(c1)CC[C@@]21OC(=O)N(CC(=O)N(Cc2ccc(F)cc2)CC2CCCN2S(=O)(=O)NC)C1=O. The van der Waals surface area contributed by atoms with E-state index >= 15 is 0 Å². The lowest BCUT2D eigenvalue weighted by atomic mass is 9.94. The molecule has 1 unspecified atom stereocenters. The summed E-state index contributed by atoms with van der Waals surface area (Å²) in [5.41, 5.74) is 0.743. The van der Waals surface area contributed by atoms with Crippen molar-refractivity contribution in [1.82, 2.24) is 24.1 Å². The number of amides is 5. The van der Waals surface area contributed by atoms with Crippen molar-refractivity contribution in [2.45, 2.75) is 43.9 Å². The van der Waals surface area contributed by atoms with Crippen LogP contribution in [0.5, 0.6) is 0 Å². The Labute approximate surface area is 248 Å². The Bertz CT molecular complexity index is 1550. The fraction of sp³-hybridized carbons (Fsp3) is 0.429. The molecule has 0 saturated carbocycles. The number of hydrogen-bond acceptors (Lipinski definition) is 7. The minimum atomic E-state index is -3.76. The summed E-state index contributed by atoms with van der Waals surface area (Å²) in [5, 5.41) is 5.13. The molecule has 1 spiro atoms. The number of urea groups is 1. The first-order chi connectivity index (χ1) is 20.5. The number of halogens is 1. The van der Waals surface area contributed by atoms with Gasteiger partial charge in [-0.25, -0.2) is 23.6 Å². The molecule has 5 amide bonds. The van der Waals surface area contributed by atoms with Gasteiger partial charge in [-0.2, -0.15) is 12.7 Å². The van der Waals surface area contributed by atoms with Gasteiger partial charge in [-0.1, -0.05) is 18.2 Å². The molecular formula is C28H33FN6O7S. The fourth-order valence-corrected chi connectivity index (χ4v) is 7.07. The molecule has 2 aromatic rings. The number of imide groups is 1. The molecule has 2 aromatic carbocycles. The number of anilines is 1. The molecule has 230 valence electrons. The maximum atomic E-state index is 13.7. The highest BCUT2D eigenvalue weighted by molar-refractivity contribution is 7.87. The van der Waals surface area contributed by atoms with Crippen molar-refractivity contribution in [3.8, 4) is 0 Å². The Morgan fingerprint density at radius 1 is 1.14 bits per heavy atom. The van der Waals surface area contributed by atoms with Gasteiger partial charge in [0.2, 0.25) is 11.5 Å². The highest BCUT2D eigenvalue weighted by Gasteiger charge is 2.58. The Balaban J connectivity index is 1.36. The number of benzene rings is 2. The van der Waals surface area contributed by atoms with E-state index < -0.39 is 58.2 Å². The van der Waals surface area contributed by atoms with Crippen LogP contribution in [-0.4, -0.2) is 86.2 Å². The molecule has 13 nitrogen and oxygen atoms in total. The van der Waals surface area contributed by atoms with E-state index in [2.05, 4.69) is 15.4 Å². The van der Waals surface area contributed by atoms with Crippen molar-refractivity contribution in [2.24, 2.45) is 0 Å². The Morgan fingerprint density at radius 2 is 1.88 bits per heavy atom. The molecule has 5 rings (SSSR count). The van der Waals surface area contributed by atoms with Crippen molar-refractivity contribution in [3.63, 3.8) is 0 Å². The maximum Gasteiger partial charge on any atom is 0.418 e. The molecule has 2 fully saturated rings. The van der Waals surface area contributed by atoms with E-state index in [4.69, 9.17) is 4.74 Å². The zero-order chi connectivity index (χ0) is 30.9. The second-order valence-electron chi connectivity index (χ2n) is 10.7. The molecule has 0 radical (unpaired) electrons. The van der Waals surface area contributed by atoms with Gasteiger partial charge in [0.05, 0.1) is 0 Å². The third-order valence-electron chi connectivity index (χ3n) is 8.10. The van der Waals surface area contributed by atoms with Gasteiger partial charge < -0.3 is 20.3 Å². The molecule has 3 N–H and O–H groups in total. The molecule has 43 heavy (non-hydrogen) atoms. The lowest BCUT2D eigenvalue weighted by Crippen LogP contribution is -2.50. The summed E-state index contributed by atoms with van der Waals surface area (Å²) in [6, 6.07) is 9.54. The predicted molar refractivity (Wildman–Crippen MR) is 152 cm³/mol. The Morgan fingerprint density at radius 3 is 2.58 bits per heavy atom. The molecule has 2 aliphatic heterocycles. The van der Waals surface area contributed by atoms with Gasteiger partial charge in [0, 0.05) is 57.4 Å². The number of nitrogens with one attached hydrogen (secondary N) is 3. The average molecular weight is 617 g/mol. The van der Waals surface area contributed by atoms with Gasteiger partial charge in [-0.15, -0.1) is 0 Å². The molecular weight excluding hydrogens is 583 g/mol. The Hall–Kier alpha value is -4.08. The quantitative estimate of drug-likeness (QED) is 0.387. The maximum absolute atomic E-state index is 13.7. The summed E-state index contributed by atoms with van der Waals surface area (Å²) in [4.78, 5) is 54.4. The van der Waals surface area contributed by atoms with Crippen LogP contribution in [-0.2, 0) is 43.1 Å². The molecule has 3 aliphatic rings. The fourth-order valence-electron chi connectivity index (χ4n) is 5.90. The summed E-state index contributed by atoms with van der Waals surface area (Å²) in [6.45, 7) is -0.318. The van der Waals surface area contributed by atoms with Crippen LogP contribution in [0.1, 0.15) is 36.0 Å². The van der Waals surface area contributed by atoms with Crippen LogP contribution in [0.4, 0.5) is 19.7 Å². The smallest absolute Gasteiger partial charge is 0.418 e. The second kappa shape index (κ2) is 11.9. The topological polar surface area (TPSA) is 157 Å². The molecule has 0 bridgehead atoms. The number of aryl methyl sites for hydroxylation is 1. The zero-order valence-electron chi connectivity index (χ0n) is 23.8. The van der Waals surface area contributed by atoms with Crippen LogP contribution in [0.2, 0.25) is 0 Å². The van der Waals surface area contributed by atoms with Gasteiger partial charge in [0.25, 0.3) is 16.1 Å². The summed E-state index contributed by atoms with van der Waals surface area (Å²) >= 11 is 0. The number of nitrogens with zero attached hydrogens (tertiary/aromatic N) is 3. The molecule has 0 aromatic heterocycles. The number of rotatable bonds is 9. The van der Waals surface area contributed by atoms with Crippen LogP contribution in [0.25, 0.3) is 0 Å². The van der Waals surface area contributed by atoms with Crippen LogP contribution in [0.3, 0.4) is 0 Å². The van der Waals surface area contributed by atoms with E-state index in [1.165, 1.54) is 47.6 Å². The molecule has 2 heterocycles. The third kappa shape index (κ3) is 5.92. The lowest BCUT2D eigenvalue weighted by Gasteiger charge is -2.31. The highest BCUT2D eigenvalue weighted by Crippen LogP contribution is 2.46. The highest BCUT2D eigenvalue weighted by atomic mass is 32.2. The number of hydrogen-bond donors (Lipinski definition) is 3. The number of carbonyl (C=O) groups is 4. The molecule has 2 saturated heterocycles. The predicted octanol–water partition coefficient (Wildman–Crippen LogP) is 1.65. The standard InChI is InChI=1S/C28H33FN6O7S/c1-30-26(38)32-21-9-10-23-19(14-21)11-12-28(23)25(37)34(27(39)42-28)17-24(36)33(15-18-5-7-20(29)8-6-18)16-22-4-3-13-35(22)43(40,41)31-2/h5-10,14,22,31H,3-4,11-13,15-17H2,1-2H3,(H2,30,32,38)/t22?,28-/m1/s1. The summed E-state index contributed by atoms with van der Waals surface area (Å²) in [6.07, 6.45) is 0.742. The molecule has 15 heteroatoms. The summed E-state index contributed by atoms with van der Waals surface area (Å²) < 4.78 is 48.0. The van der Waals surface area contributed by atoms with E-state index in [1.54, 1.807) is 18.2 Å². The van der Waals surface area contributed by atoms with E-state index in [-0.39, 0.29) is 26.1 Å². The molecule has 1 aliphatic carbocycles.